The van der Waals surface area contributed by atoms with E-state index in [1.807, 2.05) is 0 Å². The van der Waals surface area contributed by atoms with Crippen LogP contribution in [-0.2, 0) is 29.1 Å². The first-order chi connectivity index (χ1) is 14.3. The van der Waals surface area contributed by atoms with Crippen LogP contribution in [0.1, 0.15) is 17.3 Å². The molecule has 0 aromatic heterocycles. The fraction of sp³-hybridized carbons (Fsp3) is 0.526. The predicted molar refractivity (Wildman–Crippen MR) is 105 cm³/mol. The van der Waals surface area contributed by atoms with Crippen molar-refractivity contribution in [1.29, 1.82) is 0 Å². The Balaban J connectivity index is 1.64. The highest BCUT2D eigenvalue weighted by Gasteiger charge is 2.34. The number of hydrogen-bond acceptors (Lipinski definition) is 7. The molecule has 0 unspecified atom stereocenters. The number of piperazine rings is 1. The van der Waals surface area contributed by atoms with E-state index >= 15 is 0 Å². The minimum Gasteiger partial charge on any atom is -0.462 e. The van der Waals surface area contributed by atoms with Crippen LogP contribution in [0, 0.1) is 0 Å². The highest BCUT2D eigenvalue weighted by molar-refractivity contribution is 7.89. The predicted octanol–water partition coefficient (Wildman–Crippen LogP) is -0.445. The van der Waals surface area contributed by atoms with Crippen LogP contribution in [0.15, 0.2) is 29.2 Å². The van der Waals surface area contributed by atoms with Crippen molar-refractivity contribution in [2.75, 3.05) is 59.1 Å². The van der Waals surface area contributed by atoms with Crippen LogP contribution in [-0.4, -0.2) is 99.4 Å². The lowest BCUT2D eigenvalue weighted by Gasteiger charge is -2.35. The van der Waals surface area contributed by atoms with Crippen molar-refractivity contribution >= 4 is 27.8 Å². The molecule has 10 nitrogen and oxygen atoms in total. The summed E-state index contributed by atoms with van der Waals surface area (Å²) in [5.41, 5.74) is 0.155. The number of morpholine rings is 1. The van der Waals surface area contributed by atoms with Gasteiger partial charge in [0.25, 0.3) is 0 Å². The normalized spacial score (nSPS) is 18.2. The van der Waals surface area contributed by atoms with Gasteiger partial charge in [-0.3, -0.25) is 9.59 Å². The second-order valence-corrected chi connectivity index (χ2v) is 8.79. The molecule has 2 amide bonds. The van der Waals surface area contributed by atoms with Gasteiger partial charge < -0.3 is 19.3 Å². The molecule has 11 heteroatoms. The molecule has 3 rings (SSSR count). The number of nitrogens with zero attached hydrogens (tertiary/aromatic N) is 3. The molecule has 0 atom stereocenters. The van der Waals surface area contributed by atoms with Crippen LogP contribution in [0.25, 0.3) is 0 Å². The smallest absolute Gasteiger partial charge is 0.338 e. The van der Waals surface area contributed by atoms with Gasteiger partial charge in [0, 0.05) is 39.3 Å². The Morgan fingerprint density at radius 2 is 1.57 bits per heavy atom. The Labute approximate surface area is 175 Å². The Kier molecular flexibility index (Phi) is 7.06. The van der Waals surface area contributed by atoms with Gasteiger partial charge in [-0.15, -0.1) is 0 Å². The van der Waals surface area contributed by atoms with Gasteiger partial charge in [-0.2, -0.15) is 4.31 Å². The number of esters is 1. The molecule has 0 saturated carbocycles. The first-order valence-electron chi connectivity index (χ1n) is 9.78. The van der Waals surface area contributed by atoms with Gasteiger partial charge in [0.2, 0.25) is 10.0 Å². The molecule has 2 fully saturated rings. The average molecular weight is 439 g/mol. The third-order valence-corrected chi connectivity index (χ3v) is 6.88. The molecule has 2 saturated heterocycles. The van der Waals surface area contributed by atoms with Gasteiger partial charge in [-0.25, -0.2) is 13.2 Å². The summed E-state index contributed by atoms with van der Waals surface area (Å²) in [5, 5.41) is 0. The first kappa shape index (κ1) is 22.2. The SMILES string of the molecule is CCOC(=O)c1cccc(S(=O)(=O)N2CCN(C(=O)C(=O)N3CCOCC3)CC2)c1. The molecule has 164 valence electrons. The van der Waals surface area contributed by atoms with E-state index < -0.39 is 27.8 Å². The van der Waals surface area contributed by atoms with E-state index in [-0.39, 0.29) is 43.2 Å². The summed E-state index contributed by atoms with van der Waals surface area (Å²) in [4.78, 5) is 39.5. The molecule has 1 aromatic carbocycles. The lowest BCUT2D eigenvalue weighted by molar-refractivity contribution is -0.154. The molecule has 2 aliphatic rings. The second kappa shape index (κ2) is 9.54. The minimum atomic E-state index is -3.85. The van der Waals surface area contributed by atoms with Crippen molar-refractivity contribution in [2.24, 2.45) is 0 Å². The molecule has 0 radical (unpaired) electrons. The summed E-state index contributed by atoms with van der Waals surface area (Å²) in [6, 6.07) is 5.68. The zero-order valence-corrected chi connectivity index (χ0v) is 17.6. The number of benzene rings is 1. The number of carbonyl (C=O) groups excluding carboxylic acids is 3. The van der Waals surface area contributed by atoms with E-state index in [1.165, 1.54) is 38.4 Å². The Bertz CT molecular complexity index is 904. The molecule has 1 aromatic rings. The number of ether oxygens (including phenoxy) is 2. The maximum Gasteiger partial charge on any atom is 0.338 e. The maximum absolute atomic E-state index is 13.0. The van der Waals surface area contributed by atoms with E-state index in [1.54, 1.807) is 6.92 Å². The maximum atomic E-state index is 13.0. The van der Waals surface area contributed by atoms with Crippen LogP contribution in [0.4, 0.5) is 0 Å². The van der Waals surface area contributed by atoms with Crippen LogP contribution >= 0.6 is 0 Å². The van der Waals surface area contributed by atoms with Crippen LogP contribution < -0.4 is 0 Å². The highest BCUT2D eigenvalue weighted by Crippen LogP contribution is 2.19. The minimum absolute atomic E-state index is 0.0165. The van der Waals surface area contributed by atoms with Gasteiger partial charge in [0.1, 0.15) is 0 Å². The van der Waals surface area contributed by atoms with E-state index in [0.717, 1.165) is 0 Å². The Morgan fingerprint density at radius 3 is 2.17 bits per heavy atom. The fourth-order valence-electron chi connectivity index (χ4n) is 3.32. The first-order valence-corrected chi connectivity index (χ1v) is 11.2. The molecular formula is C19H25N3O7S. The van der Waals surface area contributed by atoms with Gasteiger partial charge in [0.15, 0.2) is 0 Å². The molecule has 2 heterocycles. The standard InChI is InChI=1S/C19H25N3O7S/c1-2-29-19(25)15-4-3-5-16(14-15)30(26,27)22-8-6-20(7-9-22)17(23)18(24)21-10-12-28-13-11-21/h3-5,14H,2,6-13H2,1H3. The van der Waals surface area contributed by atoms with Crippen LogP contribution in [0.5, 0.6) is 0 Å². The van der Waals surface area contributed by atoms with Crippen molar-refractivity contribution in [3.8, 4) is 0 Å². The van der Waals surface area contributed by atoms with Crippen molar-refractivity contribution in [1.82, 2.24) is 14.1 Å². The van der Waals surface area contributed by atoms with E-state index in [2.05, 4.69) is 0 Å². The third-order valence-electron chi connectivity index (χ3n) is 4.99. The summed E-state index contributed by atoms with van der Waals surface area (Å²) in [6.45, 7) is 3.76. The van der Waals surface area contributed by atoms with Gasteiger partial charge >= 0.3 is 17.8 Å². The van der Waals surface area contributed by atoms with E-state index in [9.17, 15) is 22.8 Å². The number of carbonyl (C=O) groups is 3. The topological polar surface area (TPSA) is 114 Å². The lowest BCUT2D eigenvalue weighted by atomic mass is 10.2. The largest absolute Gasteiger partial charge is 0.462 e. The summed E-state index contributed by atoms with van der Waals surface area (Å²) in [7, 11) is -3.85. The molecule has 0 aliphatic carbocycles. The molecular weight excluding hydrogens is 414 g/mol. The monoisotopic (exact) mass is 439 g/mol. The lowest BCUT2D eigenvalue weighted by Crippen LogP contribution is -2.55. The summed E-state index contributed by atoms with van der Waals surface area (Å²) < 4.78 is 37.3. The van der Waals surface area contributed by atoms with Crippen molar-refractivity contribution in [2.45, 2.75) is 11.8 Å². The summed E-state index contributed by atoms with van der Waals surface area (Å²) in [6.07, 6.45) is 0. The van der Waals surface area contributed by atoms with Crippen LogP contribution in [0.3, 0.4) is 0 Å². The average Bonchev–Trinajstić information content (AvgIpc) is 2.79. The molecule has 0 N–H and O–H groups in total. The summed E-state index contributed by atoms with van der Waals surface area (Å²) in [5.74, 6) is -1.80. The third kappa shape index (κ3) is 4.79. The zero-order chi connectivity index (χ0) is 21.7. The van der Waals surface area contributed by atoms with Crippen LogP contribution in [0.2, 0.25) is 0 Å². The van der Waals surface area contributed by atoms with Crippen molar-refractivity contribution < 1.29 is 32.3 Å². The van der Waals surface area contributed by atoms with Crippen molar-refractivity contribution in [3.63, 3.8) is 0 Å². The number of sulfonamides is 1. The Morgan fingerprint density at radius 1 is 0.967 bits per heavy atom. The molecule has 30 heavy (non-hydrogen) atoms. The number of hydrogen-bond donors (Lipinski definition) is 0. The quantitative estimate of drug-likeness (QED) is 0.461. The molecule has 2 aliphatic heterocycles. The fourth-order valence-corrected chi connectivity index (χ4v) is 4.78. The molecule has 0 bridgehead atoms. The number of rotatable bonds is 4. The van der Waals surface area contributed by atoms with Gasteiger partial charge in [-0.1, -0.05) is 6.07 Å². The highest BCUT2D eigenvalue weighted by atomic mass is 32.2. The number of amides is 2. The second-order valence-electron chi connectivity index (χ2n) is 6.85. The van der Waals surface area contributed by atoms with Gasteiger partial charge in [0.05, 0.1) is 30.3 Å². The Hall–Kier alpha value is -2.50. The van der Waals surface area contributed by atoms with Gasteiger partial charge in [-0.05, 0) is 25.1 Å². The summed E-state index contributed by atoms with van der Waals surface area (Å²) >= 11 is 0. The van der Waals surface area contributed by atoms with E-state index in [4.69, 9.17) is 9.47 Å². The zero-order valence-electron chi connectivity index (χ0n) is 16.8. The van der Waals surface area contributed by atoms with Crippen molar-refractivity contribution in [3.05, 3.63) is 29.8 Å². The van der Waals surface area contributed by atoms with E-state index in [0.29, 0.717) is 26.3 Å². The molecule has 0 spiro atoms.